The predicted molar refractivity (Wildman–Crippen MR) is 91.5 cm³/mol. The van der Waals surface area contributed by atoms with Gasteiger partial charge >= 0.3 is 20.7 Å². The van der Waals surface area contributed by atoms with E-state index in [9.17, 15) is 23.8 Å². The fourth-order valence-electron chi connectivity index (χ4n) is 2.64. The largest absolute Gasteiger partial charge is 0.582 e. The van der Waals surface area contributed by atoms with Crippen LogP contribution in [-0.2, 0) is 27.7 Å². The molecule has 0 bridgehead atoms. The molecule has 1 fully saturated rings. The zero-order valence-electron chi connectivity index (χ0n) is 13.7. The minimum Gasteiger partial charge on any atom is -0.393 e. The van der Waals surface area contributed by atoms with Crippen LogP contribution in [0.2, 0.25) is 0 Å². The Kier molecular flexibility index (Phi) is 7.14. The number of H-pyrrole nitrogens is 1. The van der Waals surface area contributed by atoms with E-state index in [2.05, 4.69) is 16.8 Å². The molecule has 1 aliphatic heterocycles. The van der Waals surface area contributed by atoms with Crippen molar-refractivity contribution in [3.05, 3.63) is 33.1 Å². The van der Waals surface area contributed by atoms with Crippen molar-refractivity contribution in [2.45, 2.75) is 24.0 Å². The van der Waals surface area contributed by atoms with Crippen LogP contribution in [0, 0.1) is 0 Å². The Labute approximate surface area is 157 Å². The van der Waals surface area contributed by atoms with Crippen molar-refractivity contribution in [3.63, 3.8) is 0 Å². The van der Waals surface area contributed by atoms with Gasteiger partial charge in [-0.25, -0.2) is 9.36 Å². The van der Waals surface area contributed by atoms with Gasteiger partial charge in [-0.2, -0.15) is 0 Å². The number of aliphatic hydroxyl groups is 1. The molecule has 5 atom stereocenters. The third-order valence-electron chi connectivity index (χ3n) is 3.80. The van der Waals surface area contributed by atoms with E-state index in [1.165, 1.54) is 7.11 Å². The molecule has 1 saturated heterocycles. The van der Waals surface area contributed by atoms with Gasteiger partial charge in [0.15, 0.2) is 17.9 Å². The number of aromatic amines is 1. The highest BCUT2D eigenvalue weighted by Gasteiger charge is 2.61. The second kappa shape index (κ2) is 8.62. The number of phosphoric acid groups is 1. The Hall–Kier alpha value is -0.920. The predicted octanol–water partition coefficient (Wildman–Crippen LogP) is -1.11. The minimum absolute atomic E-state index is 0.673. The lowest BCUT2D eigenvalue weighted by molar-refractivity contribution is -0.144. The van der Waals surface area contributed by atoms with Crippen LogP contribution in [0.1, 0.15) is 6.23 Å². The second-order valence-corrected chi connectivity index (χ2v) is 8.38. The zero-order chi connectivity index (χ0) is 20.4. The first kappa shape index (κ1) is 22.4. The highest BCUT2D eigenvalue weighted by molar-refractivity contribution is 8.39. The smallest absolute Gasteiger partial charge is 0.393 e. The highest BCUT2D eigenvalue weighted by Crippen LogP contribution is 2.47. The maximum atomic E-state index is 12.1. The Morgan fingerprint density at radius 2 is 2.15 bits per heavy atom. The molecule has 1 aromatic rings. The molecule has 4 N–H and O–H groups in total. The van der Waals surface area contributed by atoms with Crippen LogP contribution in [0.25, 0.3) is 0 Å². The molecule has 0 saturated carbocycles. The SMILES string of the molecule is COC1C(O[P+](=O)S)[C@@](CO)(COP(=O)(O)O)O[C@H]1n1ccc(=O)[nH]c1=O. The van der Waals surface area contributed by atoms with Crippen molar-refractivity contribution in [1.82, 2.24) is 9.55 Å². The number of methoxy groups -OCH3 is 1. The number of aliphatic hydroxyl groups excluding tert-OH is 1. The van der Waals surface area contributed by atoms with Crippen molar-refractivity contribution in [2.75, 3.05) is 20.3 Å². The number of thiol groups is 1. The lowest BCUT2D eigenvalue weighted by atomic mass is 9.97. The molecule has 13 nitrogen and oxygen atoms in total. The van der Waals surface area contributed by atoms with Crippen LogP contribution in [0.3, 0.4) is 0 Å². The first-order valence-corrected chi connectivity index (χ1v) is 11.0. The van der Waals surface area contributed by atoms with Gasteiger partial charge < -0.3 is 24.4 Å². The summed E-state index contributed by atoms with van der Waals surface area (Å²) in [4.78, 5) is 43.2. The van der Waals surface area contributed by atoms with Crippen LogP contribution < -0.4 is 11.2 Å². The molecule has 1 aliphatic rings. The Morgan fingerprint density at radius 1 is 1.48 bits per heavy atom. The lowest BCUT2D eigenvalue weighted by Gasteiger charge is -2.29. The van der Waals surface area contributed by atoms with Gasteiger partial charge in [-0.15, -0.1) is 4.52 Å². The normalized spacial score (nSPS) is 29.1. The summed E-state index contributed by atoms with van der Waals surface area (Å²) in [6.45, 7) is -1.78. The van der Waals surface area contributed by atoms with Gasteiger partial charge in [-0.1, -0.05) is 0 Å². The van der Waals surface area contributed by atoms with Crippen LogP contribution in [0.5, 0.6) is 0 Å². The van der Waals surface area contributed by atoms with Crippen LogP contribution in [-0.4, -0.2) is 62.6 Å². The summed E-state index contributed by atoms with van der Waals surface area (Å²) in [5.74, 6) is 0. The summed E-state index contributed by atoms with van der Waals surface area (Å²) >= 11 is 3.63. The average molecular weight is 447 g/mol. The van der Waals surface area contributed by atoms with Crippen molar-refractivity contribution < 1.29 is 42.5 Å². The molecule has 0 aliphatic carbocycles. The first-order chi connectivity index (χ1) is 12.5. The number of ether oxygens (including phenoxy) is 2. The maximum Gasteiger partial charge on any atom is 0.582 e. The fraction of sp³-hybridized carbons (Fsp3) is 0.636. The highest BCUT2D eigenvalue weighted by atomic mass is 32.7. The number of hydrogen-bond acceptors (Lipinski definition) is 9. The summed E-state index contributed by atoms with van der Waals surface area (Å²) in [6, 6.07) is 1.03. The van der Waals surface area contributed by atoms with Gasteiger partial charge in [0.2, 0.25) is 0 Å². The van der Waals surface area contributed by atoms with Gasteiger partial charge in [0, 0.05) is 19.4 Å². The third-order valence-corrected chi connectivity index (χ3v) is 4.96. The number of hydrogen-bond donors (Lipinski definition) is 5. The lowest BCUT2D eigenvalue weighted by Crippen LogP contribution is -2.50. The number of aromatic nitrogens is 2. The monoisotopic (exact) mass is 447 g/mol. The quantitative estimate of drug-likeness (QED) is 0.240. The number of nitrogens with zero attached hydrogens (tertiary/aromatic N) is 1. The average Bonchev–Trinajstić information content (AvgIpc) is 2.85. The summed E-state index contributed by atoms with van der Waals surface area (Å²) in [6.07, 6.45) is -2.82. The first-order valence-electron chi connectivity index (χ1n) is 7.19. The topological polar surface area (TPSA) is 187 Å². The standard InChI is InChI=1S/C11H16N2O11P2S/c1-21-7-8(24-25(17)27)11(4-14,5-22-26(18,19)20)23-9(7)13-3-2-6(15)12-10(13)16/h2-3,7-9,14H,4-5H2,1H3,(H3-,12,15,16,17,18,19,20,27)/p+1/t7?,8?,9-,11-/m1/s1. The molecule has 0 radical (unpaired) electrons. The van der Waals surface area contributed by atoms with Crippen LogP contribution in [0.4, 0.5) is 0 Å². The molecule has 2 heterocycles. The molecule has 2 rings (SSSR count). The minimum atomic E-state index is -4.97. The molecule has 3 unspecified atom stereocenters. The Balaban J connectivity index is 2.51. The van der Waals surface area contributed by atoms with E-state index >= 15 is 0 Å². The third kappa shape index (κ3) is 5.12. The molecule has 152 valence electrons. The fourth-order valence-corrected chi connectivity index (χ4v) is 3.84. The van der Waals surface area contributed by atoms with E-state index in [1.54, 1.807) is 0 Å². The van der Waals surface area contributed by atoms with Gasteiger partial charge in [0.25, 0.3) is 5.56 Å². The van der Waals surface area contributed by atoms with Gasteiger partial charge in [0.1, 0.15) is 18.4 Å². The summed E-state index contributed by atoms with van der Waals surface area (Å²) in [7, 11) is -6.33. The van der Waals surface area contributed by atoms with E-state index in [1.807, 2.05) is 4.98 Å². The number of rotatable bonds is 8. The molecular weight excluding hydrogens is 430 g/mol. The van der Waals surface area contributed by atoms with E-state index in [0.29, 0.717) is 0 Å². The molecule has 0 aromatic carbocycles. The van der Waals surface area contributed by atoms with E-state index in [4.69, 9.17) is 23.8 Å². The van der Waals surface area contributed by atoms with E-state index in [-0.39, 0.29) is 0 Å². The second-order valence-electron chi connectivity index (χ2n) is 5.48. The number of nitrogens with one attached hydrogen (secondary N) is 1. The van der Waals surface area contributed by atoms with Crippen molar-refractivity contribution in [3.8, 4) is 0 Å². The van der Waals surface area contributed by atoms with Gasteiger partial charge in [0.05, 0.1) is 13.2 Å². The molecule has 16 heteroatoms. The van der Waals surface area contributed by atoms with E-state index in [0.717, 1.165) is 16.8 Å². The van der Waals surface area contributed by atoms with Gasteiger partial charge in [-0.3, -0.25) is 18.9 Å². The number of phosphoric ester groups is 1. The van der Waals surface area contributed by atoms with Crippen LogP contribution in [0.15, 0.2) is 21.9 Å². The molecular formula is C11H17N2O11P2S+. The summed E-state index contributed by atoms with van der Waals surface area (Å²) in [5, 5.41) is 9.83. The van der Waals surface area contributed by atoms with Crippen molar-refractivity contribution >= 4 is 27.3 Å². The van der Waals surface area contributed by atoms with E-state index < -0.39 is 63.6 Å². The van der Waals surface area contributed by atoms with Crippen molar-refractivity contribution in [2.24, 2.45) is 0 Å². The summed E-state index contributed by atoms with van der Waals surface area (Å²) < 4.78 is 43.9. The van der Waals surface area contributed by atoms with Crippen LogP contribution >= 0.6 is 27.3 Å². The maximum absolute atomic E-state index is 12.1. The summed E-state index contributed by atoms with van der Waals surface area (Å²) in [5.41, 5.74) is -3.52. The van der Waals surface area contributed by atoms with Crippen molar-refractivity contribution in [1.29, 1.82) is 0 Å². The zero-order valence-corrected chi connectivity index (χ0v) is 16.4. The molecule has 27 heavy (non-hydrogen) atoms. The molecule has 1 aromatic heterocycles. The molecule has 0 spiro atoms. The molecule has 0 amide bonds. The Bertz CT molecular complexity index is 853. The Morgan fingerprint density at radius 3 is 2.63 bits per heavy atom. The van der Waals surface area contributed by atoms with Gasteiger partial charge in [-0.05, 0) is 4.57 Å².